The third-order valence-corrected chi connectivity index (χ3v) is 5.53. The maximum atomic E-state index is 14.8. The molecule has 0 spiro atoms. The molecule has 0 radical (unpaired) electrons. The number of aromatic nitrogens is 2. The van der Waals surface area contributed by atoms with E-state index in [9.17, 15) is 18.8 Å². The topological polar surface area (TPSA) is 103 Å². The van der Waals surface area contributed by atoms with Crippen LogP contribution in [0.2, 0.25) is 0 Å². The SMILES string of the molecule is CC(=O)NC[C@H]1CN(c2ccc(-n3cnc(COC(=O)c4cccs4)c3)c(F)c2)C(=O)O1. The van der Waals surface area contributed by atoms with Gasteiger partial charge in [0.2, 0.25) is 5.91 Å². The molecular formula is C21H19FN4O5S. The van der Waals surface area contributed by atoms with Gasteiger partial charge in [-0.3, -0.25) is 9.69 Å². The zero-order valence-corrected chi connectivity index (χ0v) is 17.8. The quantitative estimate of drug-likeness (QED) is 0.546. The number of ether oxygens (including phenoxy) is 2. The molecule has 3 heterocycles. The van der Waals surface area contributed by atoms with Crippen molar-refractivity contribution in [1.82, 2.24) is 14.9 Å². The smallest absolute Gasteiger partial charge is 0.414 e. The lowest BCUT2D eigenvalue weighted by atomic mass is 10.2. The van der Waals surface area contributed by atoms with Crippen LogP contribution >= 0.6 is 11.3 Å². The number of benzene rings is 1. The second-order valence-electron chi connectivity index (χ2n) is 7.01. The van der Waals surface area contributed by atoms with Crippen molar-refractivity contribution in [2.75, 3.05) is 18.0 Å². The van der Waals surface area contributed by atoms with Gasteiger partial charge in [-0.05, 0) is 29.6 Å². The molecule has 1 atom stereocenters. The summed E-state index contributed by atoms with van der Waals surface area (Å²) in [4.78, 5) is 41.0. The molecule has 32 heavy (non-hydrogen) atoms. The molecular weight excluding hydrogens is 439 g/mol. The van der Waals surface area contributed by atoms with Crippen molar-refractivity contribution >= 4 is 35.0 Å². The van der Waals surface area contributed by atoms with Crippen LogP contribution in [0.15, 0.2) is 48.2 Å². The van der Waals surface area contributed by atoms with Crippen LogP contribution in [0.3, 0.4) is 0 Å². The monoisotopic (exact) mass is 458 g/mol. The summed E-state index contributed by atoms with van der Waals surface area (Å²) in [6, 6.07) is 7.77. The van der Waals surface area contributed by atoms with Gasteiger partial charge < -0.3 is 19.4 Å². The number of cyclic esters (lactones) is 1. The van der Waals surface area contributed by atoms with Gasteiger partial charge in [-0.2, -0.15) is 0 Å². The predicted octanol–water partition coefficient (Wildman–Crippen LogP) is 2.89. The largest absolute Gasteiger partial charge is 0.455 e. The summed E-state index contributed by atoms with van der Waals surface area (Å²) in [5, 5.41) is 4.37. The molecule has 3 aromatic rings. The van der Waals surface area contributed by atoms with Gasteiger partial charge in [-0.1, -0.05) is 6.07 Å². The van der Waals surface area contributed by atoms with Gasteiger partial charge >= 0.3 is 12.1 Å². The minimum atomic E-state index is -0.607. The van der Waals surface area contributed by atoms with Crippen LogP contribution in [0.5, 0.6) is 0 Å². The number of anilines is 1. The number of nitrogens with zero attached hydrogens (tertiary/aromatic N) is 3. The summed E-state index contributed by atoms with van der Waals surface area (Å²) in [5.41, 5.74) is 1.02. The van der Waals surface area contributed by atoms with E-state index in [-0.39, 0.29) is 31.3 Å². The minimum Gasteiger partial charge on any atom is -0.455 e. The summed E-state index contributed by atoms with van der Waals surface area (Å²) in [7, 11) is 0. The highest BCUT2D eigenvalue weighted by Gasteiger charge is 2.32. The minimum absolute atomic E-state index is 0.0429. The first-order chi connectivity index (χ1) is 15.4. The fourth-order valence-electron chi connectivity index (χ4n) is 3.14. The molecule has 9 nitrogen and oxygen atoms in total. The van der Waals surface area contributed by atoms with E-state index in [0.717, 1.165) is 0 Å². The van der Waals surface area contributed by atoms with Crippen LogP contribution in [0.25, 0.3) is 5.69 Å². The highest BCUT2D eigenvalue weighted by molar-refractivity contribution is 7.11. The van der Waals surface area contributed by atoms with E-state index in [1.54, 1.807) is 29.8 Å². The molecule has 0 bridgehead atoms. The Morgan fingerprint density at radius 1 is 1.38 bits per heavy atom. The number of hydrogen-bond acceptors (Lipinski definition) is 7. The zero-order valence-electron chi connectivity index (χ0n) is 17.0. The van der Waals surface area contributed by atoms with Crippen LogP contribution < -0.4 is 10.2 Å². The standard InChI is InChI=1S/C21H19FN4O5S/c1-13(27)23-8-16-10-26(21(29)31-16)15-4-5-18(17(22)7-15)25-9-14(24-12-25)11-30-20(28)19-3-2-6-32-19/h2-7,9,12,16H,8,10-11H2,1H3,(H,23,27)/t16-/m0/s1. The summed E-state index contributed by atoms with van der Waals surface area (Å²) < 4.78 is 26.7. The Balaban J connectivity index is 1.41. The molecule has 2 amide bonds. The molecule has 2 aromatic heterocycles. The summed E-state index contributed by atoms with van der Waals surface area (Å²) in [5.74, 6) is -1.24. The molecule has 0 aliphatic carbocycles. The number of amides is 2. The normalized spacial score (nSPS) is 15.5. The predicted molar refractivity (Wildman–Crippen MR) is 113 cm³/mol. The van der Waals surface area contributed by atoms with E-state index in [1.165, 1.54) is 46.2 Å². The molecule has 166 valence electrons. The number of hydrogen-bond donors (Lipinski definition) is 1. The van der Waals surface area contributed by atoms with Gasteiger partial charge in [-0.25, -0.2) is 19.0 Å². The van der Waals surface area contributed by atoms with Crippen molar-refractivity contribution in [2.45, 2.75) is 19.6 Å². The number of carbonyl (C=O) groups excluding carboxylic acids is 3. The van der Waals surface area contributed by atoms with Gasteiger partial charge in [0.05, 0.1) is 36.5 Å². The van der Waals surface area contributed by atoms with Crippen LogP contribution in [-0.4, -0.2) is 46.7 Å². The molecule has 0 saturated carbocycles. The number of rotatable bonds is 7. The number of esters is 1. The molecule has 0 unspecified atom stereocenters. The second kappa shape index (κ2) is 9.18. The first kappa shape index (κ1) is 21.5. The van der Waals surface area contributed by atoms with E-state index >= 15 is 0 Å². The highest BCUT2D eigenvalue weighted by atomic mass is 32.1. The fourth-order valence-corrected chi connectivity index (χ4v) is 3.76. The molecule has 1 aromatic carbocycles. The number of thiophene rings is 1. The average Bonchev–Trinajstić information content (AvgIpc) is 3.51. The molecule has 1 fully saturated rings. The van der Waals surface area contributed by atoms with Crippen LogP contribution in [0.1, 0.15) is 22.3 Å². The molecule has 1 aliphatic rings. The summed E-state index contributed by atoms with van der Waals surface area (Å²) in [6.45, 7) is 1.71. The van der Waals surface area contributed by atoms with Crippen LogP contribution in [-0.2, 0) is 20.9 Å². The third-order valence-electron chi connectivity index (χ3n) is 4.68. The molecule has 1 N–H and O–H groups in total. The van der Waals surface area contributed by atoms with E-state index in [4.69, 9.17) is 9.47 Å². The van der Waals surface area contributed by atoms with Crippen molar-refractivity contribution in [2.24, 2.45) is 0 Å². The maximum Gasteiger partial charge on any atom is 0.414 e. The van der Waals surface area contributed by atoms with Crippen LogP contribution in [0, 0.1) is 5.82 Å². The van der Waals surface area contributed by atoms with Gasteiger partial charge in [-0.15, -0.1) is 11.3 Å². The van der Waals surface area contributed by atoms with E-state index in [1.807, 2.05) is 0 Å². The Morgan fingerprint density at radius 2 is 2.22 bits per heavy atom. The van der Waals surface area contributed by atoms with E-state index in [0.29, 0.717) is 16.3 Å². The van der Waals surface area contributed by atoms with E-state index < -0.39 is 24.0 Å². The molecule has 4 rings (SSSR count). The van der Waals surface area contributed by atoms with Gasteiger partial charge in [0, 0.05) is 13.1 Å². The van der Waals surface area contributed by atoms with Crippen molar-refractivity contribution in [3.63, 3.8) is 0 Å². The first-order valence-electron chi connectivity index (χ1n) is 9.66. The Kier molecular flexibility index (Phi) is 6.17. The lowest BCUT2D eigenvalue weighted by Crippen LogP contribution is -2.33. The zero-order chi connectivity index (χ0) is 22.7. The Bertz CT molecular complexity index is 1150. The number of nitrogens with one attached hydrogen (secondary N) is 1. The van der Waals surface area contributed by atoms with Crippen molar-refractivity contribution in [3.8, 4) is 5.69 Å². The third kappa shape index (κ3) is 4.78. The van der Waals surface area contributed by atoms with Crippen molar-refractivity contribution in [3.05, 3.63) is 64.6 Å². The van der Waals surface area contributed by atoms with Gasteiger partial charge in [0.25, 0.3) is 0 Å². The lowest BCUT2D eigenvalue weighted by molar-refractivity contribution is -0.119. The second-order valence-corrected chi connectivity index (χ2v) is 7.96. The van der Waals surface area contributed by atoms with E-state index in [2.05, 4.69) is 10.3 Å². The highest BCUT2D eigenvalue weighted by Crippen LogP contribution is 2.25. The molecule has 1 aliphatic heterocycles. The fraction of sp³-hybridized carbons (Fsp3) is 0.238. The number of imidazole rings is 1. The Morgan fingerprint density at radius 3 is 2.94 bits per heavy atom. The Hall–Kier alpha value is -3.73. The molecule has 1 saturated heterocycles. The number of carbonyl (C=O) groups is 3. The van der Waals surface area contributed by atoms with Gasteiger partial charge in [0.15, 0.2) is 0 Å². The van der Waals surface area contributed by atoms with Crippen molar-refractivity contribution < 1.29 is 28.2 Å². The Labute approximate surface area is 186 Å². The average molecular weight is 458 g/mol. The lowest BCUT2D eigenvalue weighted by Gasteiger charge is -2.14. The maximum absolute atomic E-state index is 14.8. The number of halogens is 1. The summed E-state index contributed by atoms with van der Waals surface area (Å²) >= 11 is 1.28. The summed E-state index contributed by atoms with van der Waals surface area (Å²) in [6.07, 6.45) is 1.86. The van der Waals surface area contributed by atoms with Crippen molar-refractivity contribution in [1.29, 1.82) is 0 Å². The molecule has 11 heteroatoms. The van der Waals surface area contributed by atoms with Gasteiger partial charge in [0.1, 0.15) is 23.4 Å². The first-order valence-corrected chi connectivity index (χ1v) is 10.5. The van der Waals surface area contributed by atoms with Crippen LogP contribution in [0.4, 0.5) is 14.9 Å².